The van der Waals surface area contributed by atoms with Crippen molar-refractivity contribution >= 4 is 5.82 Å². The van der Waals surface area contributed by atoms with Crippen molar-refractivity contribution in [2.24, 2.45) is 0 Å². The lowest BCUT2D eigenvalue weighted by atomic mass is 10.4. The second kappa shape index (κ2) is 3.37. The van der Waals surface area contributed by atoms with Crippen LogP contribution in [0.5, 0.6) is 5.88 Å². The zero-order valence-corrected chi connectivity index (χ0v) is 7.71. The van der Waals surface area contributed by atoms with Gasteiger partial charge in [0.1, 0.15) is 5.82 Å². The Morgan fingerprint density at radius 1 is 1.36 bits per heavy atom. The lowest BCUT2D eigenvalue weighted by Gasteiger charge is -2.03. The summed E-state index contributed by atoms with van der Waals surface area (Å²) in [4.78, 5) is 4.06. The van der Waals surface area contributed by atoms with Gasteiger partial charge in [-0.15, -0.1) is 0 Å². The van der Waals surface area contributed by atoms with Crippen LogP contribution in [-0.4, -0.2) is 21.9 Å². The van der Waals surface area contributed by atoms with E-state index in [1.807, 2.05) is 6.07 Å². The lowest BCUT2D eigenvalue weighted by molar-refractivity contribution is 0.397. The number of nitrogen functional groups attached to an aromatic ring is 1. The molecule has 0 atom stereocenters. The Morgan fingerprint density at radius 3 is 2.71 bits per heavy atom. The molecule has 14 heavy (non-hydrogen) atoms. The molecule has 0 fully saturated rings. The maximum atomic E-state index is 5.68. The number of hydrogen-bond donors (Lipinski definition) is 1. The summed E-state index contributed by atoms with van der Waals surface area (Å²) < 4.78 is 6.55. The van der Waals surface area contributed by atoms with Crippen LogP contribution in [0.1, 0.15) is 0 Å². The quantitative estimate of drug-likeness (QED) is 0.762. The van der Waals surface area contributed by atoms with E-state index in [2.05, 4.69) is 10.1 Å². The van der Waals surface area contributed by atoms with Crippen LogP contribution in [0.2, 0.25) is 0 Å². The van der Waals surface area contributed by atoms with Crippen molar-refractivity contribution < 1.29 is 4.74 Å². The van der Waals surface area contributed by atoms with Crippen molar-refractivity contribution in [3.05, 3.63) is 30.6 Å². The molecule has 0 aliphatic rings. The first-order valence-electron chi connectivity index (χ1n) is 4.11. The molecule has 2 aromatic rings. The molecular weight excluding hydrogens is 180 g/mol. The van der Waals surface area contributed by atoms with Gasteiger partial charge in [-0.1, -0.05) is 0 Å². The Balaban J connectivity index is 2.39. The van der Waals surface area contributed by atoms with Gasteiger partial charge in [0.25, 0.3) is 0 Å². The molecule has 0 amide bonds. The van der Waals surface area contributed by atoms with E-state index in [1.54, 1.807) is 36.3 Å². The van der Waals surface area contributed by atoms with Gasteiger partial charge < -0.3 is 10.5 Å². The number of methoxy groups -OCH3 is 1. The van der Waals surface area contributed by atoms with E-state index in [1.165, 1.54) is 0 Å². The Morgan fingerprint density at radius 2 is 2.21 bits per heavy atom. The fourth-order valence-electron chi connectivity index (χ4n) is 1.15. The predicted octanol–water partition coefficient (Wildman–Crippen LogP) is 0.858. The van der Waals surface area contributed by atoms with Gasteiger partial charge in [-0.05, 0) is 6.07 Å². The van der Waals surface area contributed by atoms with Gasteiger partial charge in [0.15, 0.2) is 0 Å². The molecule has 0 aromatic carbocycles. The highest BCUT2D eigenvalue weighted by molar-refractivity contribution is 5.40. The van der Waals surface area contributed by atoms with E-state index in [9.17, 15) is 0 Å². The van der Waals surface area contributed by atoms with Crippen molar-refractivity contribution in [3.8, 4) is 11.6 Å². The summed E-state index contributed by atoms with van der Waals surface area (Å²) in [5.41, 5.74) is 6.50. The molecule has 2 rings (SSSR count). The fourth-order valence-corrected chi connectivity index (χ4v) is 1.15. The molecular formula is C9H10N4O. The highest BCUT2D eigenvalue weighted by atomic mass is 16.5. The van der Waals surface area contributed by atoms with E-state index in [4.69, 9.17) is 10.5 Å². The van der Waals surface area contributed by atoms with Crippen LogP contribution in [0, 0.1) is 0 Å². The molecule has 0 spiro atoms. The third kappa shape index (κ3) is 1.39. The number of nitrogens with zero attached hydrogens (tertiary/aromatic N) is 3. The van der Waals surface area contributed by atoms with Crippen LogP contribution in [0.3, 0.4) is 0 Å². The van der Waals surface area contributed by atoms with Crippen LogP contribution in [0.25, 0.3) is 5.69 Å². The van der Waals surface area contributed by atoms with Gasteiger partial charge in [0, 0.05) is 12.1 Å². The van der Waals surface area contributed by atoms with Crippen molar-refractivity contribution in [1.29, 1.82) is 0 Å². The number of anilines is 1. The zero-order valence-electron chi connectivity index (χ0n) is 7.71. The van der Waals surface area contributed by atoms with Crippen molar-refractivity contribution in [3.63, 3.8) is 0 Å². The first-order chi connectivity index (χ1) is 6.81. The number of nitrogens with two attached hydrogens (primary N) is 1. The van der Waals surface area contributed by atoms with Gasteiger partial charge in [0.05, 0.1) is 25.2 Å². The minimum atomic E-state index is 0.569. The Labute approximate surface area is 81.1 Å². The van der Waals surface area contributed by atoms with Crippen LogP contribution in [0.4, 0.5) is 5.82 Å². The van der Waals surface area contributed by atoms with Crippen LogP contribution in [0.15, 0.2) is 30.6 Å². The molecule has 0 radical (unpaired) electrons. The maximum absolute atomic E-state index is 5.68. The van der Waals surface area contributed by atoms with Crippen molar-refractivity contribution in [2.45, 2.75) is 0 Å². The van der Waals surface area contributed by atoms with Gasteiger partial charge >= 0.3 is 0 Å². The average molecular weight is 190 g/mol. The molecule has 0 saturated heterocycles. The molecule has 5 heteroatoms. The second-order valence-electron chi connectivity index (χ2n) is 2.73. The topological polar surface area (TPSA) is 66.0 Å². The number of ether oxygens (including phenoxy) is 1. The first-order valence-corrected chi connectivity index (χ1v) is 4.11. The number of pyridine rings is 1. The molecule has 0 unspecified atom stereocenters. The highest BCUT2D eigenvalue weighted by Gasteiger charge is 2.01. The summed E-state index contributed by atoms with van der Waals surface area (Å²) in [6, 6.07) is 5.33. The third-order valence-electron chi connectivity index (χ3n) is 1.85. The lowest BCUT2D eigenvalue weighted by Crippen LogP contribution is -2.01. The Kier molecular flexibility index (Phi) is 2.06. The van der Waals surface area contributed by atoms with Crippen LogP contribution in [-0.2, 0) is 0 Å². The van der Waals surface area contributed by atoms with Gasteiger partial charge in [-0.25, -0.2) is 9.67 Å². The van der Waals surface area contributed by atoms with E-state index >= 15 is 0 Å². The SMILES string of the molecule is COc1ccc(-n2nccc2N)cn1. The van der Waals surface area contributed by atoms with Crippen LogP contribution < -0.4 is 10.5 Å². The molecule has 2 N–H and O–H groups in total. The Bertz CT molecular complexity index is 421. The maximum Gasteiger partial charge on any atom is 0.213 e. The van der Waals surface area contributed by atoms with Gasteiger partial charge in [-0.2, -0.15) is 5.10 Å². The summed E-state index contributed by atoms with van der Waals surface area (Å²) in [5, 5.41) is 4.05. The summed E-state index contributed by atoms with van der Waals surface area (Å²) in [5.74, 6) is 1.15. The molecule has 0 aliphatic carbocycles. The zero-order chi connectivity index (χ0) is 9.97. The van der Waals surface area contributed by atoms with E-state index in [0.29, 0.717) is 11.7 Å². The standard InChI is InChI=1S/C9H10N4O/c1-14-9-3-2-7(6-11-9)13-8(10)4-5-12-13/h2-6H,10H2,1H3. The second-order valence-corrected chi connectivity index (χ2v) is 2.73. The number of rotatable bonds is 2. The number of hydrogen-bond acceptors (Lipinski definition) is 4. The highest BCUT2D eigenvalue weighted by Crippen LogP contribution is 2.13. The fraction of sp³-hybridized carbons (Fsp3) is 0.111. The monoisotopic (exact) mass is 190 g/mol. The predicted molar refractivity (Wildman–Crippen MR) is 52.3 cm³/mol. The van der Waals surface area contributed by atoms with E-state index in [0.717, 1.165) is 5.69 Å². The average Bonchev–Trinajstić information content (AvgIpc) is 2.65. The molecule has 0 saturated carbocycles. The molecule has 2 heterocycles. The molecule has 5 nitrogen and oxygen atoms in total. The normalized spacial score (nSPS) is 10.1. The summed E-state index contributed by atoms with van der Waals surface area (Å²) in [7, 11) is 1.57. The minimum Gasteiger partial charge on any atom is -0.481 e. The number of aromatic nitrogens is 3. The largest absolute Gasteiger partial charge is 0.481 e. The van der Waals surface area contributed by atoms with E-state index < -0.39 is 0 Å². The summed E-state index contributed by atoms with van der Waals surface area (Å²) >= 11 is 0. The Hall–Kier alpha value is -2.04. The van der Waals surface area contributed by atoms with Crippen molar-refractivity contribution in [1.82, 2.24) is 14.8 Å². The summed E-state index contributed by atoms with van der Waals surface area (Å²) in [6.45, 7) is 0. The van der Waals surface area contributed by atoms with Crippen molar-refractivity contribution in [2.75, 3.05) is 12.8 Å². The molecule has 72 valence electrons. The van der Waals surface area contributed by atoms with Gasteiger partial charge in [0.2, 0.25) is 5.88 Å². The molecule has 0 bridgehead atoms. The van der Waals surface area contributed by atoms with Crippen LogP contribution >= 0.6 is 0 Å². The molecule has 0 aliphatic heterocycles. The first kappa shape index (κ1) is 8.55. The summed E-state index contributed by atoms with van der Waals surface area (Å²) in [6.07, 6.45) is 3.29. The smallest absolute Gasteiger partial charge is 0.213 e. The van der Waals surface area contributed by atoms with E-state index in [-0.39, 0.29) is 0 Å². The molecule has 2 aromatic heterocycles. The van der Waals surface area contributed by atoms with Gasteiger partial charge in [-0.3, -0.25) is 0 Å². The minimum absolute atomic E-state index is 0.569. The third-order valence-corrected chi connectivity index (χ3v) is 1.85.